The predicted molar refractivity (Wildman–Crippen MR) is 122 cm³/mol. The quantitative estimate of drug-likeness (QED) is 0.617. The zero-order valence-electron chi connectivity index (χ0n) is 18.3. The topological polar surface area (TPSA) is 60.5 Å². The molecule has 0 amide bonds. The molecule has 0 spiro atoms. The maximum absolute atomic E-state index is 13.5. The molecule has 5 nitrogen and oxygen atoms in total. The van der Waals surface area contributed by atoms with Gasteiger partial charge in [-0.3, -0.25) is 9.78 Å². The number of pyridine rings is 1. The maximum atomic E-state index is 13.5. The first kappa shape index (κ1) is 19.6. The highest BCUT2D eigenvalue weighted by molar-refractivity contribution is 6.04. The standard InChI is InChI=1S/C26H26N2O3/c1-26(2)13-20-25(21(29)14-26)24(17-12-15(30-3)7-10-22(17)31-4)23-16-6-5-11-27-18(16)8-9-19(23)28-20/h5-12,24,28H,13-14H2,1-4H3/t24-/m1/s1. The van der Waals surface area contributed by atoms with Crippen molar-refractivity contribution in [2.24, 2.45) is 5.41 Å². The number of rotatable bonds is 3. The average Bonchev–Trinajstić information content (AvgIpc) is 2.76. The summed E-state index contributed by atoms with van der Waals surface area (Å²) >= 11 is 0. The van der Waals surface area contributed by atoms with Crippen LogP contribution in [-0.2, 0) is 4.79 Å². The van der Waals surface area contributed by atoms with Gasteiger partial charge < -0.3 is 14.8 Å². The Hall–Kier alpha value is -3.34. The molecule has 0 fully saturated rings. The van der Waals surface area contributed by atoms with Gasteiger partial charge in [-0.25, -0.2) is 0 Å². The van der Waals surface area contributed by atoms with E-state index in [4.69, 9.17) is 9.47 Å². The van der Waals surface area contributed by atoms with E-state index in [9.17, 15) is 4.79 Å². The average molecular weight is 415 g/mol. The number of ether oxygens (including phenoxy) is 2. The normalized spacial score (nSPS) is 19.5. The molecule has 0 saturated heterocycles. The van der Waals surface area contributed by atoms with Crippen LogP contribution in [0.2, 0.25) is 0 Å². The molecule has 2 aromatic carbocycles. The van der Waals surface area contributed by atoms with Crippen molar-refractivity contribution in [3.63, 3.8) is 0 Å². The summed E-state index contributed by atoms with van der Waals surface area (Å²) < 4.78 is 11.3. The Labute approximate surface area is 182 Å². The predicted octanol–water partition coefficient (Wildman–Crippen LogP) is 5.45. The van der Waals surface area contributed by atoms with Gasteiger partial charge in [0.2, 0.25) is 0 Å². The molecule has 31 heavy (non-hydrogen) atoms. The smallest absolute Gasteiger partial charge is 0.162 e. The molecule has 1 atom stereocenters. The number of nitrogens with one attached hydrogen (secondary N) is 1. The lowest BCUT2D eigenvalue weighted by Crippen LogP contribution is -2.34. The fourth-order valence-electron chi connectivity index (χ4n) is 5.06. The van der Waals surface area contributed by atoms with Crippen LogP contribution in [0, 0.1) is 5.41 Å². The maximum Gasteiger partial charge on any atom is 0.162 e. The fourth-order valence-corrected chi connectivity index (χ4v) is 5.06. The van der Waals surface area contributed by atoms with E-state index in [1.54, 1.807) is 20.4 Å². The SMILES string of the molecule is COc1ccc(OC)c([C@H]2C3=C(CC(C)(C)CC3=O)Nc3ccc4ncccc4c32)c1. The van der Waals surface area contributed by atoms with Gasteiger partial charge in [0.1, 0.15) is 11.5 Å². The number of nitrogens with zero attached hydrogens (tertiary/aromatic N) is 1. The summed E-state index contributed by atoms with van der Waals surface area (Å²) in [6.07, 6.45) is 3.14. The molecule has 1 N–H and O–H groups in total. The summed E-state index contributed by atoms with van der Waals surface area (Å²) in [5, 5.41) is 4.64. The van der Waals surface area contributed by atoms with Gasteiger partial charge in [-0.15, -0.1) is 0 Å². The number of methoxy groups -OCH3 is 2. The molecule has 2 aliphatic rings. The summed E-state index contributed by atoms with van der Waals surface area (Å²) in [6.45, 7) is 4.30. The number of hydrogen-bond acceptors (Lipinski definition) is 5. The fraction of sp³-hybridized carbons (Fsp3) is 0.308. The van der Waals surface area contributed by atoms with E-state index in [-0.39, 0.29) is 17.1 Å². The Morgan fingerprint density at radius 2 is 1.90 bits per heavy atom. The summed E-state index contributed by atoms with van der Waals surface area (Å²) in [4.78, 5) is 18.1. The van der Waals surface area contributed by atoms with Crippen LogP contribution in [0.25, 0.3) is 10.9 Å². The van der Waals surface area contributed by atoms with Crippen LogP contribution in [0.1, 0.15) is 43.7 Å². The number of anilines is 1. The number of Topliss-reactive ketones (excluding diaryl/α,β-unsaturated/α-hetero) is 1. The van der Waals surface area contributed by atoms with E-state index in [0.717, 1.165) is 56.9 Å². The Kier molecular flexibility index (Phi) is 4.50. The van der Waals surface area contributed by atoms with Crippen LogP contribution in [0.15, 0.2) is 59.9 Å². The van der Waals surface area contributed by atoms with Crippen molar-refractivity contribution < 1.29 is 14.3 Å². The lowest BCUT2D eigenvalue weighted by Gasteiger charge is -2.40. The highest BCUT2D eigenvalue weighted by Gasteiger charge is 2.42. The summed E-state index contributed by atoms with van der Waals surface area (Å²) in [5.41, 5.74) is 5.66. The van der Waals surface area contributed by atoms with E-state index in [2.05, 4.69) is 36.3 Å². The second-order valence-electron chi connectivity index (χ2n) is 9.10. The molecule has 2 heterocycles. The third-order valence-electron chi connectivity index (χ3n) is 6.36. The van der Waals surface area contributed by atoms with Crippen LogP contribution >= 0.6 is 0 Å². The Bertz CT molecular complexity index is 1240. The molecular formula is C26H26N2O3. The third kappa shape index (κ3) is 3.16. The molecule has 1 aliphatic heterocycles. The van der Waals surface area contributed by atoms with Crippen molar-refractivity contribution in [1.29, 1.82) is 0 Å². The number of aromatic nitrogens is 1. The first-order valence-corrected chi connectivity index (χ1v) is 10.5. The van der Waals surface area contributed by atoms with Crippen LogP contribution < -0.4 is 14.8 Å². The van der Waals surface area contributed by atoms with Crippen LogP contribution in [0.3, 0.4) is 0 Å². The van der Waals surface area contributed by atoms with E-state index in [0.29, 0.717) is 6.42 Å². The van der Waals surface area contributed by atoms with E-state index >= 15 is 0 Å². The van der Waals surface area contributed by atoms with Gasteiger partial charge in [-0.1, -0.05) is 19.9 Å². The van der Waals surface area contributed by atoms with Gasteiger partial charge in [-0.2, -0.15) is 0 Å². The number of carbonyl (C=O) groups excluding carboxylic acids is 1. The molecule has 0 unspecified atom stereocenters. The molecule has 3 aromatic rings. The van der Waals surface area contributed by atoms with E-state index < -0.39 is 0 Å². The minimum absolute atomic E-state index is 0.0815. The van der Waals surface area contributed by atoms with Crippen molar-refractivity contribution in [3.05, 3.63) is 71.1 Å². The molecular weight excluding hydrogens is 388 g/mol. The zero-order valence-corrected chi connectivity index (χ0v) is 18.3. The van der Waals surface area contributed by atoms with Crippen molar-refractivity contribution in [2.75, 3.05) is 19.5 Å². The number of allylic oxidation sites excluding steroid dienone is 2. The summed E-state index contributed by atoms with van der Waals surface area (Å²) in [6, 6.07) is 13.9. The van der Waals surface area contributed by atoms with E-state index in [1.807, 2.05) is 30.3 Å². The highest BCUT2D eigenvalue weighted by Crippen LogP contribution is 2.52. The molecule has 1 aromatic heterocycles. The van der Waals surface area contributed by atoms with Gasteiger partial charge in [0.25, 0.3) is 0 Å². The van der Waals surface area contributed by atoms with Gasteiger partial charge in [0.15, 0.2) is 5.78 Å². The largest absolute Gasteiger partial charge is 0.497 e. The lowest BCUT2D eigenvalue weighted by atomic mass is 9.68. The molecule has 5 rings (SSSR count). The molecule has 0 bridgehead atoms. The second kappa shape index (κ2) is 7.12. The molecule has 0 radical (unpaired) electrons. The lowest BCUT2D eigenvalue weighted by molar-refractivity contribution is -0.118. The minimum Gasteiger partial charge on any atom is -0.497 e. The van der Waals surface area contributed by atoms with Crippen LogP contribution in [0.4, 0.5) is 5.69 Å². The van der Waals surface area contributed by atoms with Crippen LogP contribution in [-0.4, -0.2) is 25.0 Å². The number of hydrogen-bond donors (Lipinski definition) is 1. The number of carbonyl (C=O) groups is 1. The van der Waals surface area contributed by atoms with Crippen molar-refractivity contribution in [1.82, 2.24) is 4.98 Å². The second-order valence-corrected chi connectivity index (χ2v) is 9.10. The molecule has 5 heteroatoms. The van der Waals surface area contributed by atoms with E-state index in [1.165, 1.54) is 0 Å². The monoisotopic (exact) mass is 414 g/mol. The van der Waals surface area contributed by atoms with Gasteiger partial charge >= 0.3 is 0 Å². The number of fused-ring (bicyclic) bond motifs is 3. The summed E-state index contributed by atoms with van der Waals surface area (Å²) in [5.74, 6) is 1.40. The molecule has 1 aliphatic carbocycles. The van der Waals surface area contributed by atoms with Crippen molar-refractivity contribution in [2.45, 2.75) is 32.6 Å². The zero-order chi connectivity index (χ0) is 21.8. The number of ketones is 1. The summed E-state index contributed by atoms with van der Waals surface area (Å²) in [7, 11) is 3.32. The number of benzene rings is 2. The first-order valence-electron chi connectivity index (χ1n) is 10.5. The minimum atomic E-state index is -0.257. The van der Waals surface area contributed by atoms with Gasteiger partial charge in [0, 0.05) is 46.4 Å². The van der Waals surface area contributed by atoms with Gasteiger partial charge in [0.05, 0.1) is 19.7 Å². The first-order chi connectivity index (χ1) is 14.9. The Morgan fingerprint density at radius 3 is 2.68 bits per heavy atom. The van der Waals surface area contributed by atoms with Crippen molar-refractivity contribution >= 4 is 22.4 Å². The highest BCUT2D eigenvalue weighted by atomic mass is 16.5. The Morgan fingerprint density at radius 1 is 1.06 bits per heavy atom. The van der Waals surface area contributed by atoms with Crippen LogP contribution in [0.5, 0.6) is 11.5 Å². The van der Waals surface area contributed by atoms with Crippen molar-refractivity contribution in [3.8, 4) is 11.5 Å². The Balaban J connectivity index is 1.85. The third-order valence-corrected chi connectivity index (χ3v) is 6.36. The molecule has 158 valence electrons. The molecule has 0 saturated carbocycles. The van der Waals surface area contributed by atoms with Gasteiger partial charge in [-0.05, 0) is 53.8 Å².